The van der Waals surface area contributed by atoms with Gasteiger partial charge in [0.1, 0.15) is 18.0 Å². The molecule has 0 radical (unpaired) electrons. The Morgan fingerprint density at radius 1 is 1.50 bits per heavy atom. The van der Waals surface area contributed by atoms with Crippen molar-refractivity contribution in [2.24, 2.45) is 0 Å². The van der Waals surface area contributed by atoms with E-state index in [-0.39, 0.29) is 0 Å². The fourth-order valence-corrected chi connectivity index (χ4v) is 1.56. The number of methoxy groups -OCH3 is 1. The van der Waals surface area contributed by atoms with E-state index >= 15 is 0 Å². The summed E-state index contributed by atoms with van der Waals surface area (Å²) in [6.07, 6.45) is 2.04. The van der Waals surface area contributed by atoms with Gasteiger partial charge in [-0.25, -0.2) is 9.97 Å². The highest BCUT2D eigenvalue weighted by Gasteiger charge is 2.10. The zero-order chi connectivity index (χ0) is 13.4. The van der Waals surface area contributed by atoms with Gasteiger partial charge in [-0.05, 0) is 6.42 Å². The smallest absolute Gasteiger partial charge is 0.133 e. The fraction of sp³-hybridized carbons (Fsp3) is 0.667. The molecule has 2 N–H and O–H groups in total. The molecule has 0 aliphatic heterocycles. The van der Waals surface area contributed by atoms with Crippen LogP contribution in [0.2, 0.25) is 0 Å². The largest absolute Gasteiger partial charge is 0.389 e. The first-order valence-corrected chi connectivity index (χ1v) is 6.11. The summed E-state index contributed by atoms with van der Waals surface area (Å²) in [5, 5.41) is 12.9. The van der Waals surface area contributed by atoms with E-state index in [9.17, 15) is 5.11 Å². The summed E-state index contributed by atoms with van der Waals surface area (Å²) in [6.45, 7) is 3.77. The molecule has 0 bridgehead atoms. The molecule has 0 saturated heterocycles. The van der Waals surface area contributed by atoms with E-state index in [1.807, 2.05) is 18.0 Å². The van der Waals surface area contributed by atoms with Crippen molar-refractivity contribution in [3.63, 3.8) is 0 Å². The molecule has 0 saturated carbocycles. The highest BCUT2D eigenvalue weighted by Crippen LogP contribution is 2.12. The van der Waals surface area contributed by atoms with Gasteiger partial charge in [0.15, 0.2) is 0 Å². The van der Waals surface area contributed by atoms with Gasteiger partial charge >= 0.3 is 0 Å². The van der Waals surface area contributed by atoms with E-state index in [1.165, 1.54) is 6.33 Å². The van der Waals surface area contributed by atoms with Crippen molar-refractivity contribution in [3.8, 4) is 0 Å². The summed E-state index contributed by atoms with van der Waals surface area (Å²) in [7, 11) is 3.45. The zero-order valence-corrected chi connectivity index (χ0v) is 11.3. The Hall–Kier alpha value is -1.40. The van der Waals surface area contributed by atoms with Crippen LogP contribution in [0.3, 0.4) is 0 Å². The van der Waals surface area contributed by atoms with E-state index in [0.717, 1.165) is 24.6 Å². The van der Waals surface area contributed by atoms with Gasteiger partial charge in [-0.2, -0.15) is 0 Å². The average molecular weight is 254 g/mol. The van der Waals surface area contributed by atoms with Crippen LogP contribution < -0.4 is 10.2 Å². The third-order valence-electron chi connectivity index (χ3n) is 2.44. The minimum atomic E-state index is -0.526. The third-order valence-corrected chi connectivity index (χ3v) is 2.44. The fourth-order valence-electron chi connectivity index (χ4n) is 1.56. The number of nitrogens with one attached hydrogen (secondary N) is 1. The molecule has 1 atom stereocenters. The SMILES string of the molecule is CCCNc1cc(N(C)CC(O)COC)ncn1. The van der Waals surface area contributed by atoms with E-state index < -0.39 is 6.10 Å². The van der Waals surface area contributed by atoms with Crippen LogP contribution in [0.15, 0.2) is 12.4 Å². The van der Waals surface area contributed by atoms with E-state index in [2.05, 4.69) is 22.2 Å². The first-order valence-electron chi connectivity index (χ1n) is 6.11. The molecule has 0 amide bonds. The second-order valence-corrected chi connectivity index (χ2v) is 4.18. The molecule has 0 spiro atoms. The Balaban J connectivity index is 2.58. The van der Waals surface area contributed by atoms with Crippen LogP contribution in [0.5, 0.6) is 0 Å². The maximum absolute atomic E-state index is 9.67. The molecule has 0 aliphatic rings. The molecular weight excluding hydrogens is 232 g/mol. The normalized spacial score (nSPS) is 12.2. The molecule has 0 aromatic carbocycles. The average Bonchev–Trinajstić information content (AvgIpc) is 2.37. The Morgan fingerprint density at radius 3 is 2.94 bits per heavy atom. The van der Waals surface area contributed by atoms with Crippen molar-refractivity contribution in [3.05, 3.63) is 12.4 Å². The number of hydrogen-bond acceptors (Lipinski definition) is 6. The van der Waals surface area contributed by atoms with Crippen molar-refractivity contribution < 1.29 is 9.84 Å². The zero-order valence-electron chi connectivity index (χ0n) is 11.3. The van der Waals surface area contributed by atoms with Gasteiger partial charge in [0.2, 0.25) is 0 Å². The number of aliphatic hydroxyl groups is 1. The standard InChI is InChI=1S/C12H22N4O2/c1-4-5-13-11-6-12(15-9-14-11)16(2)7-10(17)8-18-3/h6,9-10,17H,4-5,7-8H2,1-3H3,(H,13,14,15). The lowest BCUT2D eigenvalue weighted by molar-refractivity contribution is 0.0694. The lowest BCUT2D eigenvalue weighted by Crippen LogP contribution is -2.32. The third kappa shape index (κ3) is 4.85. The summed E-state index contributed by atoms with van der Waals surface area (Å²) in [5.41, 5.74) is 0. The Labute approximate surface area is 108 Å². The van der Waals surface area contributed by atoms with Crippen molar-refractivity contribution >= 4 is 11.6 Å². The molecule has 102 valence electrons. The number of aliphatic hydroxyl groups excluding tert-OH is 1. The van der Waals surface area contributed by atoms with Crippen molar-refractivity contribution in [2.75, 3.05) is 44.1 Å². The van der Waals surface area contributed by atoms with Crippen LogP contribution in [0.4, 0.5) is 11.6 Å². The molecule has 6 nitrogen and oxygen atoms in total. The summed E-state index contributed by atoms with van der Waals surface area (Å²) in [4.78, 5) is 10.2. The van der Waals surface area contributed by atoms with E-state index in [0.29, 0.717) is 13.2 Å². The highest BCUT2D eigenvalue weighted by atomic mass is 16.5. The van der Waals surface area contributed by atoms with Crippen molar-refractivity contribution in [2.45, 2.75) is 19.4 Å². The van der Waals surface area contributed by atoms with Gasteiger partial charge in [-0.15, -0.1) is 0 Å². The molecule has 0 aliphatic carbocycles. The van der Waals surface area contributed by atoms with E-state index in [4.69, 9.17) is 4.74 Å². The van der Waals surface area contributed by atoms with Crippen LogP contribution in [0.1, 0.15) is 13.3 Å². The Kier molecular flexibility index (Phi) is 6.38. The highest BCUT2D eigenvalue weighted by molar-refractivity contribution is 5.47. The number of anilines is 2. The van der Waals surface area contributed by atoms with Gasteiger partial charge in [-0.1, -0.05) is 6.92 Å². The number of likely N-dealkylation sites (N-methyl/N-ethyl adjacent to an activating group) is 1. The summed E-state index contributed by atoms with van der Waals surface area (Å²) in [5.74, 6) is 1.58. The second kappa shape index (κ2) is 7.84. The van der Waals surface area contributed by atoms with Crippen LogP contribution in [0, 0.1) is 0 Å². The number of ether oxygens (including phenoxy) is 1. The molecular formula is C12H22N4O2. The molecule has 18 heavy (non-hydrogen) atoms. The Morgan fingerprint density at radius 2 is 2.28 bits per heavy atom. The van der Waals surface area contributed by atoms with E-state index in [1.54, 1.807) is 7.11 Å². The summed E-state index contributed by atoms with van der Waals surface area (Å²) < 4.78 is 4.90. The molecule has 1 aromatic rings. The first-order chi connectivity index (χ1) is 8.67. The maximum atomic E-state index is 9.67. The number of hydrogen-bond donors (Lipinski definition) is 2. The van der Waals surface area contributed by atoms with Gasteiger partial charge in [0.05, 0.1) is 12.7 Å². The number of rotatable bonds is 8. The minimum absolute atomic E-state index is 0.316. The maximum Gasteiger partial charge on any atom is 0.133 e. The predicted octanol–water partition coefficient (Wildman–Crippen LogP) is 0.742. The molecule has 1 aromatic heterocycles. The van der Waals surface area contributed by atoms with Crippen LogP contribution >= 0.6 is 0 Å². The predicted molar refractivity (Wildman–Crippen MR) is 72.0 cm³/mol. The lowest BCUT2D eigenvalue weighted by atomic mass is 10.3. The molecule has 6 heteroatoms. The van der Waals surface area contributed by atoms with Crippen LogP contribution in [0.25, 0.3) is 0 Å². The molecule has 1 unspecified atom stereocenters. The van der Waals surface area contributed by atoms with Crippen LogP contribution in [-0.2, 0) is 4.74 Å². The summed E-state index contributed by atoms with van der Waals surface area (Å²) in [6, 6.07) is 1.87. The quantitative estimate of drug-likeness (QED) is 0.713. The lowest BCUT2D eigenvalue weighted by Gasteiger charge is -2.21. The number of nitrogens with zero attached hydrogens (tertiary/aromatic N) is 3. The van der Waals surface area contributed by atoms with Crippen molar-refractivity contribution in [1.29, 1.82) is 0 Å². The molecule has 0 fully saturated rings. The second-order valence-electron chi connectivity index (χ2n) is 4.18. The monoisotopic (exact) mass is 254 g/mol. The minimum Gasteiger partial charge on any atom is -0.389 e. The molecule has 1 heterocycles. The van der Waals surface area contributed by atoms with Crippen molar-refractivity contribution in [1.82, 2.24) is 9.97 Å². The first kappa shape index (κ1) is 14.7. The van der Waals surface area contributed by atoms with Gasteiger partial charge in [0, 0.05) is 33.3 Å². The molecule has 1 rings (SSSR count). The van der Waals surface area contributed by atoms with Gasteiger partial charge in [0.25, 0.3) is 0 Å². The number of aromatic nitrogens is 2. The van der Waals surface area contributed by atoms with Crippen LogP contribution in [-0.4, -0.2) is 55.0 Å². The summed E-state index contributed by atoms with van der Waals surface area (Å²) >= 11 is 0. The van der Waals surface area contributed by atoms with Gasteiger partial charge < -0.3 is 20.1 Å². The topological polar surface area (TPSA) is 70.5 Å². The Bertz CT molecular complexity index is 349. The van der Waals surface area contributed by atoms with Gasteiger partial charge in [-0.3, -0.25) is 0 Å².